The van der Waals surface area contributed by atoms with Crippen LogP contribution in [0.2, 0.25) is 0 Å². The van der Waals surface area contributed by atoms with Crippen molar-refractivity contribution in [1.29, 1.82) is 0 Å². The lowest BCUT2D eigenvalue weighted by Crippen LogP contribution is -2.15. The van der Waals surface area contributed by atoms with Crippen LogP contribution in [0.5, 0.6) is 0 Å². The Kier molecular flexibility index (Phi) is 7.07. The highest BCUT2D eigenvalue weighted by Crippen LogP contribution is 2.37. The van der Waals surface area contributed by atoms with Gasteiger partial charge in [0, 0.05) is 43.5 Å². The number of hydrogen-bond donors (Lipinski definition) is 3. The molecular formula is C26H27F3N6. The van der Waals surface area contributed by atoms with Gasteiger partial charge in [-0.1, -0.05) is 42.5 Å². The smallest absolute Gasteiger partial charge is 0.364 e. The molecule has 9 heteroatoms. The van der Waals surface area contributed by atoms with E-state index < -0.39 is 11.7 Å². The average Bonchev–Trinajstić information content (AvgIpc) is 3.19. The van der Waals surface area contributed by atoms with Crippen molar-refractivity contribution in [2.24, 2.45) is 12.8 Å². The second kappa shape index (κ2) is 10.2. The van der Waals surface area contributed by atoms with Gasteiger partial charge in [-0.2, -0.15) is 13.2 Å². The van der Waals surface area contributed by atoms with Crippen molar-refractivity contribution in [2.45, 2.75) is 19.1 Å². The van der Waals surface area contributed by atoms with E-state index in [1.807, 2.05) is 61.0 Å². The van der Waals surface area contributed by atoms with Crippen LogP contribution in [0.15, 0.2) is 72.9 Å². The fourth-order valence-electron chi connectivity index (χ4n) is 3.92. The summed E-state index contributed by atoms with van der Waals surface area (Å²) in [4.78, 5) is 9.09. The van der Waals surface area contributed by atoms with E-state index in [-0.39, 0.29) is 6.04 Å². The van der Waals surface area contributed by atoms with E-state index in [1.165, 1.54) is 6.07 Å². The molecule has 4 rings (SSSR count). The van der Waals surface area contributed by atoms with Crippen molar-refractivity contribution in [3.8, 4) is 22.5 Å². The zero-order chi connectivity index (χ0) is 25.0. The highest BCUT2D eigenvalue weighted by molar-refractivity contribution is 5.82. The summed E-state index contributed by atoms with van der Waals surface area (Å²) in [6, 6.07) is 18.9. The van der Waals surface area contributed by atoms with Crippen molar-refractivity contribution in [1.82, 2.24) is 14.5 Å². The van der Waals surface area contributed by atoms with Crippen LogP contribution < -0.4 is 16.4 Å². The topological polar surface area (TPSA) is 80.8 Å². The summed E-state index contributed by atoms with van der Waals surface area (Å²) in [5, 5.41) is 6.54. The maximum atomic E-state index is 13.4. The normalized spacial score (nSPS) is 12.4. The van der Waals surface area contributed by atoms with Crippen LogP contribution in [0.4, 0.5) is 24.9 Å². The largest absolute Gasteiger partial charge is 0.416 e. The number of imidazole rings is 1. The third-order valence-corrected chi connectivity index (χ3v) is 5.68. The molecule has 2 aromatic carbocycles. The molecule has 0 bridgehead atoms. The third kappa shape index (κ3) is 5.46. The first-order chi connectivity index (χ1) is 16.8. The van der Waals surface area contributed by atoms with Crippen LogP contribution in [0.1, 0.15) is 24.1 Å². The van der Waals surface area contributed by atoms with Crippen LogP contribution in [0.25, 0.3) is 22.5 Å². The zero-order valence-electron chi connectivity index (χ0n) is 19.5. The number of aromatic nitrogens is 3. The van der Waals surface area contributed by atoms with Gasteiger partial charge in [0.25, 0.3) is 0 Å². The summed E-state index contributed by atoms with van der Waals surface area (Å²) in [6.07, 6.45) is -2.78. The predicted octanol–water partition coefficient (Wildman–Crippen LogP) is 5.71. The van der Waals surface area contributed by atoms with Crippen LogP contribution in [-0.4, -0.2) is 27.6 Å². The molecule has 0 amide bonds. The van der Waals surface area contributed by atoms with Gasteiger partial charge in [-0.05, 0) is 36.8 Å². The Morgan fingerprint density at radius 3 is 2.49 bits per heavy atom. The molecule has 0 aliphatic rings. The molecule has 0 radical (unpaired) electrons. The van der Waals surface area contributed by atoms with Gasteiger partial charge < -0.3 is 20.9 Å². The van der Waals surface area contributed by atoms with Crippen molar-refractivity contribution in [2.75, 3.05) is 23.7 Å². The summed E-state index contributed by atoms with van der Waals surface area (Å²) in [5.74, 6) is 1.16. The van der Waals surface area contributed by atoms with Crippen molar-refractivity contribution < 1.29 is 13.2 Å². The maximum absolute atomic E-state index is 13.4. The molecule has 4 aromatic rings. The lowest BCUT2D eigenvalue weighted by molar-refractivity contribution is -0.137. The summed E-state index contributed by atoms with van der Waals surface area (Å²) >= 11 is 0. The van der Waals surface area contributed by atoms with E-state index in [4.69, 9.17) is 5.73 Å². The maximum Gasteiger partial charge on any atom is 0.416 e. The number of nitrogens with one attached hydrogen (secondary N) is 2. The highest BCUT2D eigenvalue weighted by Gasteiger charge is 2.31. The van der Waals surface area contributed by atoms with Gasteiger partial charge in [-0.25, -0.2) is 9.97 Å². The fraction of sp³-hybridized carbons (Fsp3) is 0.231. The Hall–Kier alpha value is -3.85. The standard InChI is InChI=1S/C26H27F3N6/c1-17(18-7-4-3-5-8-18)33-22-16-20(11-13-31-22)24-23(34-25(35(24)2)32-14-12-30)19-9-6-10-21(15-19)26(27,28)29/h3-11,13,15-17H,12,14,30H2,1-2H3,(H,31,33)(H,32,34)/t17-/m0/s1. The van der Waals surface area contributed by atoms with Gasteiger partial charge in [-0.3, -0.25) is 0 Å². The molecule has 2 heterocycles. The highest BCUT2D eigenvalue weighted by atomic mass is 19.4. The van der Waals surface area contributed by atoms with E-state index in [1.54, 1.807) is 12.3 Å². The number of alkyl halides is 3. The first-order valence-corrected chi connectivity index (χ1v) is 11.2. The summed E-state index contributed by atoms with van der Waals surface area (Å²) in [5.41, 5.74) is 8.26. The van der Waals surface area contributed by atoms with E-state index in [9.17, 15) is 13.2 Å². The monoisotopic (exact) mass is 480 g/mol. The third-order valence-electron chi connectivity index (χ3n) is 5.68. The Bertz CT molecular complexity index is 1280. The van der Waals surface area contributed by atoms with Crippen LogP contribution in [0, 0.1) is 0 Å². The van der Waals surface area contributed by atoms with Crippen molar-refractivity contribution in [3.63, 3.8) is 0 Å². The molecule has 1 atom stereocenters. The molecule has 0 spiro atoms. The number of nitrogens with zero attached hydrogens (tertiary/aromatic N) is 3. The predicted molar refractivity (Wildman–Crippen MR) is 133 cm³/mol. The first-order valence-electron chi connectivity index (χ1n) is 11.2. The molecule has 0 saturated carbocycles. The van der Waals surface area contributed by atoms with E-state index >= 15 is 0 Å². The van der Waals surface area contributed by atoms with Crippen LogP contribution >= 0.6 is 0 Å². The Morgan fingerprint density at radius 1 is 1.00 bits per heavy atom. The van der Waals surface area contributed by atoms with Gasteiger partial charge in [0.05, 0.1) is 17.0 Å². The molecule has 2 aromatic heterocycles. The summed E-state index contributed by atoms with van der Waals surface area (Å²) in [7, 11) is 1.82. The molecule has 6 nitrogen and oxygen atoms in total. The zero-order valence-corrected chi connectivity index (χ0v) is 19.5. The number of nitrogens with two attached hydrogens (primary N) is 1. The SMILES string of the molecule is C[C@H](Nc1cc(-c2c(-c3cccc(C(F)(F)F)c3)nc(NCCN)n2C)ccn1)c1ccccc1. The lowest BCUT2D eigenvalue weighted by atomic mass is 10.0. The van der Waals surface area contributed by atoms with Crippen LogP contribution in [-0.2, 0) is 13.2 Å². The van der Waals surface area contributed by atoms with Gasteiger partial charge in [0.1, 0.15) is 5.82 Å². The lowest BCUT2D eigenvalue weighted by Gasteiger charge is -2.16. The van der Waals surface area contributed by atoms with E-state index in [0.29, 0.717) is 41.8 Å². The van der Waals surface area contributed by atoms with Crippen molar-refractivity contribution in [3.05, 3.63) is 84.1 Å². The quantitative estimate of drug-likeness (QED) is 0.301. The second-order valence-corrected chi connectivity index (χ2v) is 8.19. The molecule has 0 aliphatic heterocycles. The van der Waals surface area contributed by atoms with E-state index in [2.05, 4.69) is 20.6 Å². The minimum absolute atomic E-state index is 0.00945. The number of halogens is 3. The average molecular weight is 481 g/mol. The van der Waals surface area contributed by atoms with Gasteiger partial charge in [0.2, 0.25) is 5.95 Å². The van der Waals surface area contributed by atoms with Gasteiger partial charge in [0.15, 0.2) is 0 Å². The fourth-order valence-corrected chi connectivity index (χ4v) is 3.92. The Balaban J connectivity index is 1.77. The summed E-state index contributed by atoms with van der Waals surface area (Å²) in [6.45, 7) is 2.91. The van der Waals surface area contributed by atoms with E-state index in [0.717, 1.165) is 23.3 Å². The molecule has 4 N–H and O–H groups in total. The first kappa shape index (κ1) is 24.3. The number of pyridine rings is 1. The number of benzene rings is 2. The molecule has 182 valence electrons. The second-order valence-electron chi connectivity index (χ2n) is 8.19. The minimum Gasteiger partial charge on any atom is -0.364 e. The number of hydrogen-bond acceptors (Lipinski definition) is 5. The molecule has 0 aliphatic carbocycles. The molecule has 35 heavy (non-hydrogen) atoms. The molecule has 0 unspecified atom stereocenters. The summed E-state index contributed by atoms with van der Waals surface area (Å²) < 4.78 is 42.0. The Morgan fingerprint density at radius 2 is 1.77 bits per heavy atom. The molecule has 0 fully saturated rings. The molecule has 0 saturated heterocycles. The van der Waals surface area contributed by atoms with Gasteiger partial charge in [-0.15, -0.1) is 0 Å². The van der Waals surface area contributed by atoms with Crippen molar-refractivity contribution >= 4 is 11.8 Å². The Labute approximate surface area is 202 Å². The molecular weight excluding hydrogens is 453 g/mol. The number of rotatable bonds is 8. The van der Waals surface area contributed by atoms with Crippen LogP contribution in [0.3, 0.4) is 0 Å². The number of anilines is 2. The van der Waals surface area contributed by atoms with Gasteiger partial charge >= 0.3 is 6.18 Å². The minimum atomic E-state index is -4.45.